The Hall–Kier alpha value is -0.671. The fraction of sp³-hybridized carbons (Fsp3) is 0. The Balaban J connectivity index is 2.10. The van der Waals surface area contributed by atoms with Crippen LogP contribution in [-0.4, -0.2) is 19.8 Å². The van der Waals surface area contributed by atoms with Crippen LogP contribution in [0.5, 0.6) is 0 Å². The molecule has 4 heteroatoms. The van der Waals surface area contributed by atoms with Gasteiger partial charge in [0.2, 0.25) is 0 Å². The van der Waals surface area contributed by atoms with Gasteiger partial charge in [0.05, 0.1) is 0 Å². The molecule has 0 bridgehead atoms. The molecule has 0 saturated heterocycles. The molecule has 0 radical (unpaired) electrons. The standard InChI is InChI=1S/3C6H4Cl.Sn/c3*7-6-4-2-1-3-5-6;/h3*2-5H;/q;;;+1. The van der Waals surface area contributed by atoms with Gasteiger partial charge in [0.25, 0.3) is 0 Å². The molecule has 3 aromatic rings. The molecule has 3 rings (SSSR count). The van der Waals surface area contributed by atoms with E-state index < -0.39 is 19.8 Å². The summed E-state index contributed by atoms with van der Waals surface area (Å²) in [6.07, 6.45) is 0. The van der Waals surface area contributed by atoms with Crippen molar-refractivity contribution in [3.8, 4) is 0 Å². The fourth-order valence-electron chi connectivity index (χ4n) is 2.35. The first-order valence-electron chi connectivity index (χ1n) is 6.78. The summed E-state index contributed by atoms with van der Waals surface area (Å²) in [7, 11) is 0. The SMILES string of the molecule is Clc1cc[c]([Sn+]([c]2ccc(Cl)cc2)[c]2ccc(Cl)cc2)cc1. The van der Waals surface area contributed by atoms with Gasteiger partial charge in [0.1, 0.15) is 0 Å². The van der Waals surface area contributed by atoms with E-state index in [4.69, 9.17) is 34.8 Å². The molecule has 108 valence electrons. The Bertz CT molecular complexity index is 642. The number of hydrogen-bond acceptors (Lipinski definition) is 0. The van der Waals surface area contributed by atoms with Crippen LogP contribution in [0, 0.1) is 0 Å². The van der Waals surface area contributed by atoms with E-state index in [-0.39, 0.29) is 0 Å². The van der Waals surface area contributed by atoms with E-state index in [0.29, 0.717) is 0 Å². The maximum absolute atomic E-state index is 6.04. The van der Waals surface area contributed by atoms with Gasteiger partial charge in [-0.15, -0.1) is 0 Å². The van der Waals surface area contributed by atoms with Crippen LogP contribution in [0.3, 0.4) is 0 Å². The molecular formula is C18H12Cl3Sn+. The zero-order chi connectivity index (χ0) is 15.5. The Kier molecular flexibility index (Phi) is 5.35. The van der Waals surface area contributed by atoms with Crippen LogP contribution in [0.4, 0.5) is 0 Å². The quantitative estimate of drug-likeness (QED) is 0.523. The summed E-state index contributed by atoms with van der Waals surface area (Å²) in [5.41, 5.74) is 0. The Morgan fingerprint density at radius 1 is 0.409 bits per heavy atom. The van der Waals surface area contributed by atoms with E-state index >= 15 is 0 Å². The van der Waals surface area contributed by atoms with E-state index in [0.717, 1.165) is 15.1 Å². The molecule has 0 unspecified atom stereocenters. The van der Waals surface area contributed by atoms with Crippen molar-refractivity contribution in [1.82, 2.24) is 0 Å². The summed E-state index contributed by atoms with van der Waals surface area (Å²) in [5.74, 6) is 0. The number of halogens is 3. The molecule has 0 atom stereocenters. The molecule has 0 aromatic heterocycles. The Labute approximate surface area is 152 Å². The first-order chi connectivity index (χ1) is 10.6. The number of benzene rings is 3. The third-order valence-electron chi connectivity index (χ3n) is 3.40. The Morgan fingerprint density at radius 2 is 0.636 bits per heavy atom. The van der Waals surface area contributed by atoms with Gasteiger partial charge < -0.3 is 0 Å². The van der Waals surface area contributed by atoms with Crippen LogP contribution in [-0.2, 0) is 0 Å². The molecule has 3 aromatic carbocycles. The van der Waals surface area contributed by atoms with E-state index in [2.05, 4.69) is 36.4 Å². The molecule has 0 amide bonds. The molecule has 0 N–H and O–H groups in total. The Morgan fingerprint density at radius 3 is 0.864 bits per heavy atom. The fourth-order valence-corrected chi connectivity index (χ4v) is 9.86. The van der Waals surface area contributed by atoms with Crippen molar-refractivity contribution in [2.75, 3.05) is 0 Å². The zero-order valence-corrected chi connectivity index (χ0v) is 16.7. The van der Waals surface area contributed by atoms with Crippen molar-refractivity contribution in [1.29, 1.82) is 0 Å². The first kappa shape index (κ1) is 16.2. The summed E-state index contributed by atoms with van der Waals surface area (Å²) in [6, 6.07) is 24.6. The predicted molar refractivity (Wildman–Crippen MR) is 99.0 cm³/mol. The second-order valence-electron chi connectivity index (χ2n) is 4.90. The topological polar surface area (TPSA) is 0 Å². The van der Waals surface area contributed by atoms with Gasteiger partial charge in [-0.3, -0.25) is 0 Å². The third kappa shape index (κ3) is 3.80. The summed E-state index contributed by atoms with van der Waals surface area (Å²) in [6.45, 7) is 0. The van der Waals surface area contributed by atoms with Crippen LogP contribution in [0.2, 0.25) is 15.1 Å². The van der Waals surface area contributed by atoms with Crippen molar-refractivity contribution >= 4 is 65.3 Å². The normalized spacial score (nSPS) is 10.5. The second kappa shape index (κ2) is 7.27. The monoisotopic (exact) mass is 453 g/mol. The summed E-state index contributed by atoms with van der Waals surface area (Å²) >= 11 is 15.9. The summed E-state index contributed by atoms with van der Waals surface area (Å²) < 4.78 is 4.12. The minimum atomic E-state index is -2.24. The van der Waals surface area contributed by atoms with E-state index in [1.54, 1.807) is 0 Å². The number of hydrogen-bond donors (Lipinski definition) is 0. The van der Waals surface area contributed by atoms with Gasteiger partial charge in [-0.05, 0) is 0 Å². The second-order valence-corrected chi connectivity index (χ2v) is 13.3. The van der Waals surface area contributed by atoms with Gasteiger partial charge in [0, 0.05) is 0 Å². The van der Waals surface area contributed by atoms with Crippen molar-refractivity contribution in [2.24, 2.45) is 0 Å². The maximum atomic E-state index is 6.04. The molecule has 0 aliphatic heterocycles. The molecule has 0 heterocycles. The summed E-state index contributed by atoms with van der Waals surface area (Å²) in [5, 5.41) is 2.29. The predicted octanol–water partition coefficient (Wildman–Crippen LogP) is 4.16. The molecule has 0 nitrogen and oxygen atoms in total. The zero-order valence-electron chi connectivity index (χ0n) is 11.6. The first-order valence-corrected chi connectivity index (χ1v) is 12.2. The van der Waals surface area contributed by atoms with Crippen LogP contribution >= 0.6 is 34.8 Å². The minimum absolute atomic E-state index is 0.763. The van der Waals surface area contributed by atoms with Crippen molar-refractivity contribution in [2.45, 2.75) is 0 Å². The molecule has 0 aliphatic rings. The van der Waals surface area contributed by atoms with Crippen LogP contribution < -0.4 is 10.7 Å². The van der Waals surface area contributed by atoms with Crippen LogP contribution in [0.15, 0.2) is 72.8 Å². The van der Waals surface area contributed by atoms with Gasteiger partial charge in [-0.2, -0.15) is 0 Å². The van der Waals surface area contributed by atoms with Crippen LogP contribution in [0.25, 0.3) is 0 Å². The van der Waals surface area contributed by atoms with Crippen molar-refractivity contribution < 1.29 is 0 Å². The van der Waals surface area contributed by atoms with E-state index in [9.17, 15) is 0 Å². The van der Waals surface area contributed by atoms with Gasteiger partial charge in [-0.25, -0.2) is 0 Å². The van der Waals surface area contributed by atoms with Gasteiger partial charge in [0.15, 0.2) is 0 Å². The molecule has 22 heavy (non-hydrogen) atoms. The average Bonchev–Trinajstić information content (AvgIpc) is 2.53. The molecular weight excluding hydrogens is 441 g/mol. The molecule has 0 spiro atoms. The third-order valence-corrected chi connectivity index (χ3v) is 12.0. The van der Waals surface area contributed by atoms with Crippen molar-refractivity contribution in [3.63, 3.8) is 0 Å². The molecule has 0 fully saturated rings. The molecule has 0 saturated carbocycles. The van der Waals surface area contributed by atoms with E-state index in [1.165, 1.54) is 10.7 Å². The average molecular weight is 453 g/mol. The van der Waals surface area contributed by atoms with E-state index in [1.807, 2.05) is 36.4 Å². The van der Waals surface area contributed by atoms with Gasteiger partial charge >= 0.3 is 153 Å². The van der Waals surface area contributed by atoms with Crippen molar-refractivity contribution in [3.05, 3.63) is 87.9 Å². The van der Waals surface area contributed by atoms with Crippen LogP contribution in [0.1, 0.15) is 0 Å². The molecule has 0 aliphatic carbocycles. The van der Waals surface area contributed by atoms with Gasteiger partial charge in [-0.1, -0.05) is 0 Å². The number of rotatable bonds is 3. The summed E-state index contributed by atoms with van der Waals surface area (Å²) in [4.78, 5) is 0.